The molecule has 0 spiro atoms. The molecular formula is C20H22ClN3O4. The first-order valence-corrected chi connectivity index (χ1v) is 9.71. The van der Waals surface area contributed by atoms with Crippen molar-refractivity contribution in [3.05, 3.63) is 46.2 Å². The van der Waals surface area contributed by atoms with E-state index in [2.05, 4.69) is 10.4 Å². The number of carboxylic acids is 1. The number of nitrogens with zero attached hydrogens (tertiary/aromatic N) is 2. The van der Waals surface area contributed by atoms with Crippen molar-refractivity contribution in [1.29, 1.82) is 0 Å². The average molecular weight is 404 g/mol. The largest absolute Gasteiger partial charge is 0.481 e. The number of carbonyl (C=O) groups excluding carboxylic acids is 1. The monoisotopic (exact) mass is 403 g/mol. The summed E-state index contributed by atoms with van der Waals surface area (Å²) < 4.78 is 7.49. The van der Waals surface area contributed by atoms with Gasteiger partial charge in [0.1, 0.15) is 0 Å². The number of carboxylic acid groups (broad SMARTS) is 1. The van der Waals surface area contributed by atoms with Gasteiger partial charge in [-0.05, 0) is 38.3 Å². The number of aryl methyl sites for hydroxylation is 1. The molecule has 4 atom stereocenters. The number of benzene rings is 1. The summed E-state index contributed by atoms with van der Waals surface area (Å²) in [4.78, 5) is 24.6. The lowest BCUT2D eigenvalue weighted by Crippen LogP contribution is -2.41. The van der Waals surface area contributed by atoms with Crippen LogP contribution < -0.4 is 5.32 Å². The molecule has 2 aliphatic rings. The minimum atomic E-state index is -0.977. The van der Waals surface area contributed by atoms with Gasteiger partial charge in [-0.25, -0.2) is 0 Å². The summed E-state index contributed by atoms with van der Waals surface area (Å²) in [5.74, 6) is -2.77. The number of halogens is 1. The predicted molar refractivity (Wildman–Crippen MR) is 103 cm³/mol. The van der Waals surface area contributed by atoms with Gasteiger partial charge in [-0.1, -0.05) is 29.8 Å². The molecule has 4 rings (SSSR count). The van der Waals surface area contributed by atoms with Crippen LogP contribution in [-0.4, -0.2) is 39.0 Å². The second kappa shape index (κ2) is 7.22. The average Bonchev–Trinajstić information content (AvgIpc) is 3.33. The maximum atomic E-state index is 12.9. The summed E-state index contributed by atoms with van der Waals surface area (Å²) >= 11 is 6.24. The molecule has 7 nitrogen and oxygen atoms in total. The van der Waals surface area contributed by atoms with Crippen LogP contribution in [0.3, 0.4) is 0 Å². The highest BCUT2D eigenvalue weighted by atomic mass is 35.5. The molecule has 1 aromatic carbocycles. The number of hydrogen-bond donors (Lipinski definition) is 2. The molecule has 2 saturated heterocycles. The molecule has 2 N–H and O–H groups in total. The number of hydrogen-bond acceptors (Lipinski definition) is 4. The van der Waals surface area contributed by atoms with Crippen LogP contribution in [0.4, 0.5) is 5.69 Å². The van der Waals surface area contributed by atoms with E-state index in [0.717, 1.165) is 17.7 Å². The highest BCUT2D eigenvalue weighted by Crippen LogP contribution is 2.44. The van der Waals surface area contributed by atoms with Crippen molar-refractivity contribution < 1.29 is 19.4 Å². The molecule has 3 heterocycles. The fourth-order valence-electron chi connectivity index (χ4n) is 4.35. The number of ether oxygens (including phenoxy) is 1. The van der Waals surface area contributed by atoms with Crippen LogP contribution in [0.2, 0.25) is 5.02 Å². The van der Waals surface area contributed by atoms with E-state index < -0.39 is 17.8 Å². The van der Waals surface area contributed by atoms with Crippen molar-refractivity contribution in [3.63, 3.8) is 0 Å². The molecule has 0 saturated carbocycles. The van der Waals surface area contributed by atoms with E-state index in [1.807, 2.05) is 38.1 Å². The van der Waals surface area contributed by atoms with E-state index in [9.17, 15) is 14.7 Å². The van der Waals surface area contributed by atoms with Crippen molar-refractivity contribution in [2.24, 2.45) is 11.8 Å². The maximum Gasteiger partial charge on any atom is 0.310 e. The molecule has 2 bridgehead atoms. The lowest BCUT2D eigenvalue weighted by Gasteiger charge is -2.23. The first-order chi connectivity index (χ1) is 13.4. The second-order valence-electron chi connectivity index (χ2n) is 7.46. The molecule has 148 valence electrons. The van der Waals surface area contributed by atoms with Crippen LogP contribution >= 0.6 is 11.6 Å². The Kier molecular flexibility index (Phi) is 4.89. The number of nitrogens with one attached hydrogen (secondary N) is 1. The van der Waals surface area contributed by atoms with E-state index >= 15 is 0 Å². The van der Waals surface area contributed by atoms with Crippen LogP contribution in [0, 0.1) is 25.7 Å². The Labute approximate surface area is 167 Å². The molecule has 2 fully saturated rings. The number of anilines is 1. The van der Waals surface area contributed by atoms with Gasteiger partial charge >= 0.3 is 5.97 Å². The zero-order valence-electron chi connectivity index (χ0n) is 15.7. The Morgan fingerprint density at radius 2 is 1.93 bits per heavy atom. The topological polar surface area (TPSA) is 93.5 Å². The minimum absolute atomic E-state index is 0.317. The van der Waals surface area contributed by atoms with E-state index in [1.54, 1.807) is 4.68 Å². The predicted octanol–water partition coefficient (Wildman–Crippen LogP) is 3.02. The van der Waals surface area contributed by atoms with Crippen molar-refractivity contribution >= 4 is 29.2 Å². The van der Waals surface area contributed by atoms with Crippen LogP contribution in [0.1, 0.15) is 29.8 Å². The van der Waals surface area contributed by atoms with Crippen molar-refractivity contribution in [1.82, 2.24) is 9.78 Å². The van der Waals surface area contributed by atoms with Gasteiger partial charge in [0.05, 0.1) is 47.7 Å². The molecule has 0 aliphatic carbocycles. The zero-order chi connectivity index (χ0) is 20.0. The Morgan fingerprint density at radius 3 is 2.61 bits per heavy atom. The molecule has 1 aromatic heterocycles. The van der Waals surface area contributed by atoms with Gasteiger partial charge in [-0.15, -0.1) is 0 Å². The van der Waals surface area contributed by atoms with Crippen LogP contribution in [0.5, 0.6) is 0 Å². The molecule has 2 aromatic rings. The lowest BCUT2D eigenvalue weighted by atomic mass is 9.78. The van der Waals surface area contributed by atoms with Crippen molar-refractivity contribution in [3.8, 4) is 0 Å². The third-order valence-corrected chi connectivity index (χ3v) is 6.14. The Hall–Kier alpha value is -2.38. The number of rotatable bonds is 5. The van der Waals surface area contributed by atoms with E-state index in [1.165, 1.54) is 0 Å². The Bertz CT molecular complexity index is 942. The van der Waals surface area contributed by atoms with E-state index in [-0.39, 0.29) is 18.1 Å². The molecule has 28 heavy (non-hydrogen) atoms. The zero-order valence-corrected chi connectivity index (χ0v) is 16.4. The van der Waals surface area contributed by atoms with Crippen LogP contribution in [0.15, 0.2) is 24.3 Å². The molecule has 2 aliphatic heterocycles. The number of amides is 1. The minimum Gasteiger partial charge on any atom is -0.481 e. The molecule has 0 radical (unpaired) electrons. The molecule has 1 amide bonds. The highest BCUT2D eigenvalue weighted by molar-refractivity contribution is 6.31. The van der Waals surface area contributed by atoms with Crippen molar-refractivity contribution in [2.45, 2.75) is 45.4 Å². The van der Waals surface area contributed by atoms with Gasteiger partial charge in [-0.2, -0.15) is 5.10 Å². The maximum absolute atomic E-state index is 12.9. The molecule has 0 unspecified atom stereocenters. The third-order valence-electron chi connectivity index (χ3n) is 5.77. The summed E-state index contributed by atoms with van der Waals surface area (Å²) in [7, 11) is 0. The Morgan fingerprint density at radius 1 is 1.25 bits per heavy atom. The molecule has 8 heteroatoms. The third kappa shape index (κ3) is 3.18. The first kappa shape index (κ1) is 19.0. The van der Waals surface area contributed by atoms with E-state index in [0.29, 0.717) is 29.4 Å². The molecular weight excluding hydrogens is 382 g/mol. The van der Waals surface area contributed by atoms with Gasteiger partial charge in [0.15, 0.2) is 0 Å². The summed E-state index contributed by atoms with van der Waals surface area (Å²) in [6.07, 6.45) is 0.712. The quantitative estimate of drug-likeness (QED) is 0.800. The standard InChI is InChI=1S/C20H22ClN3O4/c1-10-18(11(2)24(23-10)9-12-5-3-4-6-13(12)21)22-19(25)16-14-7-8-15(28-14)17(16)20(26)27/h3-6,14-17H,7-9H2,1-2H3,(H,22,25)(H,26,27)/t14-,15-,16-,17-/m1/s1. The highest BCUT2D eigenvalue weighted by Gasteiger charge is 2.55. The lowest BCUT2D eigenvalue weighted by molar-refractivity contribution is -0.147. The van der Waals surface area contributed by atoms with Gasteiger partial charge < -0.3 is 15.2 Å². The normalized spacial score (nSPS) is 25.8. The smallest absolute Gasteiger partial charge is 0.310 e. The Balaban J connectivity index is 1.55. The SMILES string of the molecule is Cc1nn(Cc2ccccc2Cl)c(C)c1NC(=O)[C@H]1[C@H](C(=O)O)[C@H]2CC[C@H]1O2. The number of fused-ring (bicyclic) bond motifs is 2. The van der Waals surface area contributed by atoms with Crippen LogP contribution in [-0.2, 0) is 20.9 Å². The van der Waals surface area contributed by atoms with Crippen molar-refractivity contribution in [2.75, 3.05) is 5.32 Å². The van der Waals surface area contributed by atoms with Gasteiger partial charge in [-0.3, -0.25) is 14.3 Å². The second-order valence-corrected chi connectivity index (χ2v) is 7.87. The number of carbonyl (C=O) groups is 2. The fraction of sp³-hybridized carbons (Fsp3) is 0.450. The number of aliphatic carboxylic acids is 1. The summed E-state index contributed by atoms with van der Waals surface area (Å²) in [6.45, 7) is 4.17. The summed E-state index contributed by atoms with van der Waals surface area (Å²) in [5.41, 5.74) is 3.01. The van der Waals surface area contributed by atoms with Gasteiger partial charge in [0.25, 0.3) is 0 Å². The summed E-state index contributed by atoms with van der Waals surface area (Å²) in [5, 5.41) is 17.6. The van der Waals surface area contributed by atoms with Crippen LogP contribution in [0.25, 0.3) is 0 Å². The first-order valence-electron chi connectivity index (χ1n) is 9.33. The number of aromatic nitrogens is 2. The summed E-state index contributed by atoms with van der Waals surface area (Å²) in [6, 6.07) is 7.54. The van der Waals surface area contributed by atoms with E-state index in [4.69, 9.17) is 16.3 Å². The van der Waals surface area contributed by atoms with Gasteiger partial charge in [0, 0.05) is 5.02 Å². The van der Waals surface area contributed by atoms with Gasteiger partial charge in [0.2, 0.25) is 5.91 Å². The fourth-order valence-corrected chi connectivity index (χ4v) is 4.55.